The average molecular weight is 428 g/mol. The van der Waals surface area contributed by atoms with Crippen LogP contribution in [0.3, 0.4) is 0 Å². The summed E-state index contributed by atoms with van der Waals surface area (Å²) in [6.07, 6.45) is -3.81. The van der Waals surface area contributed by atoms with E-state index in [1.807, 2.05) is 0 Å². The van der Waals surface area contributed by atoms with Gasteiger partial charge in [-0.1, -0.05) is 0 Å². The molecule has 4 aromatic rings. The molecule has 0 fully saturated rings. The minimum Gasteiger partial charge on any atom is -0.494 e. The Morgan fingerprint density at radius 3 is 2.34 bits per heavy atom. The molecule has 152 valence electrons. The van der Waals surface area contributed by atoms with Crippen LogP contribution >= 0.6 is 0 Å². The lowest BCUT2D eigenvalue weighted by molar-refractivity contribution is -0.140. The molecule has 2 aromatic carbocycles. The van der Waals surface area contributed by atoms with Gasteiger partial charge in [0, 0.05) is 12.3 Å². The van der Waals surface area contributed by atoms with Gasteiger partial charge in [0.1, 0.15) is 11.1 Å². The van der Waals surface area contributed by atoms with Crippen LogP contribution in [-0.4, -0.2) is 31.6 Å². The second kappa shape index (κ2) is 6.21. The first-order valence-electron chi connectivity index (χ1n) is 8.07. The first-order valence-corrected chi connectivity index (χ1v) is 9.96. The summed E-state index contributed by atoms with van der Waals surface area (Å²) in [5, 5.41) is 3.79. The molecule has 29 heavy (non-hydrogen) atoms. The van der Waals surface area contributed by atoms with E-state index in [0.29, 0.717) is 0 Å². The summed E-state index contributed by atoms with van der Waals surface area (Å²) < 4.78 is 88.9. The zero-order valence-corrected chi connectivity index (χ0v) is 15.7. The Labute approximate surface area is 161 Å². The van der Waals surface area contributed by atoms with Crippen LogP contribution in [-0.2, 0) is 16.0 Å². The van der Waals surface area contributed by atoms with Crippen LogP contribution in [0.15, 0.2) is 45.7 Å². The van der Waals surface area contributed by atoms with E-state index in [1.54, 1.807) is 0 Å². The highest BCUT2D eigenvalue weighted by Crippen LogP contribution is 2.41. The maximum atomic E-state index is 14.0. The quantitative estimate of drug-likeness (QED) is 0.454. The average Bonchev–Trinajstić information content (AvgIpc) is 3.16. The van der Waals surface area contributed by atoms with Crippen molar-refractivity contribution in [3.8, 4) is 11.4 Å². The molecule has 0 amide bonds. The number of fused-ring (bicyclic) bond motifs is 3. The lowest BCUT2D eigenvalue weighted by Gasteiger charge is -2.06. The van der Waals surface area contributed by atoms with Crippen molar-refractivity contribution in [2.45, 2.75) is 11.1 Å². The largest absolute Gasteiger partial charge is 0.494 e. The summed E-state index contributed by atoms with van der Waals surface area (Å²) in [6.45, 7) is 0. The molecular weight excluding hydrogens is 416 g/mol. The number of benzene rings is 2. The van der Waals surface area contributed by atoms with Gasteiger partial charge in [0.15, 0.2) is 27.0 Å². The lowest BCUT2D eigenvalue weighted by Crippen LogP contribution is -2.08. The Hall–Kier alpha value is -3.08. The van der Waals surface area contributed by atoms with Crippen molar-refractivity contribution in [2.24, 2.45) is 0 Å². The number of furan rings is 1. The molecule has 0 spiro atoms. The van der Waals surface area contributed by atoms with Crippen molar-refractivity contribution >= 4 is 31.9 Å². The molecule has 0 atom stereocenters. The Balaban J connectivity index is 2.06. The number of halogens is 4. The summed E-state index contributed by atoms with van der Waals surface area (Å²) in [5.41, 5.74) is -1.83. The standard InChI is InChI=1S/C18H12F4N2O4S/c1-27-14-7-11-13(8-12(14)19)28-16-15(11)24(23-17(16)18(20,21)22)9-3-5-10(6-4-9)29(2,25)26/h3-8H,1-2H3. The molecule has 0 N–H and O–H groups in total. The van der Waals surface area contributed by atoms with E-state index in [9.17, 15) is 26.0 Å². The van der Waals surface area contributed by atoms with E-state index < -0.39 is 33.1 Å². The summed E-state index contributed by atoms with van der Waals surface area (Å²) >= 11 is 0. The summed E-state index contributed by atoms with van der Waals surface area (Å²) in [4.78, 5) is 0.00138. The molecular formula is C18H12F4N2O4S. The highest BCUT2D eigenvalue weighted by atomic mass is 32.2. The zero-order chi connectivity index (χ0) is 21.1. The second-order valence-corrected chi connectivity index (χ2v) is 8.30. The van der Waals surface area contributed by atoms with Gasteiger partial charge in [-0.05, 0) is 30.3 Å². The van der Waals surface area contributed by atoms with Gasteiger partial charge >= 0.3 is 6.18 Å². The van der Waals surface area contributed by atoms with Gasteiger partial charge in [-0.15, -0.1) is 0 Å². The number of sulfone groups is 1. The van der Waals surface area contributed by atoms with Crippen LogP contribution in [0, 0.1) is 5.82 Å². The van der Waals surface area contributed by atoms with Gasteiger partial charge in [-0.2, -0.15) is 18.3 Å². The molecule has 6 nitrogen and oxygen atoms in total. The van der Waals surface area contributed by atoms with Crippen molar-refractivity contribution < 1.29 is 35.1 Å². The number of aromatic nitrogens is 2. The molecule has 0 unspecified atom stereocenters. The molecule has 0 aliphatic carbocycles. The van der Waals surface area contributed by atoms with E-state index >= 15 is 0 Å². The van der Waals surface area contributed by atoms with Gasteiger partial charge in [0.05, 0.1) is 23.1 Å². The third-order valence-electron chi connectivity index (χ3n) is 4.34. The van der Waals surface area contributed by atoms with Crippen molar-refractivity contribution in [2.75, 3.05) is 13.4 Å². The fourth-order valence-electron chi connectivity index (χ4n) is 3.01. The van der Waals surface area contributed by atoms with Crippen molar-refractivity contribution in [3.05, 3.63) is 47.9 Å². The first-order chi connectivity index (χ1) is 13.5. The van der Waals surface area contributed by atoms with Crippen molar-refractivity contribution in [1.29, 1.82) is 0 Å². The number of hydrogen-bond acceptors (Lipinski definition) is 5. The minimum absolute atomic E-state index is 0.00138. The predicted molar refractivity (Wildman–Crippen MR) is 95.5 cm³/mol. The number of rotatable bonds is 3. The van der Waals surface area contributed by atoms with E-state index in [0.717, 1.165) is 17.0 Å². The third kappa shape index (κ3) is 3.11. The lowest BCUT2D eigenvalue weighted by atomic mass is 10.2. The monoisotopic (exact) mass is 428 g/mol. The van der Waals surface area contributed by atoms with Crippen LogP contribution in [0.4, 0.5) is 17.6 Å². The Morgan fingerprint density at radius 2 is 1.79 bits per heavy atom. The normalized spacial score (nSPS) is 12.8. The highest BCUT2D eigenvalue weighted by molar-refractivity contribution is 7.90. The van der Waals surface area contributed by atoms with Crippen LogP contribution in [0.25, 0.3) is 27.8 Å². The van der Waals surface area contributed by atoms with Crippen LogP contribution in [0.1, 0.15) is 5.69 Å². The topological polar surface area (TPSA) is 74.3 Å². The SMILES string of the molecule is COc1cc2c(cc1F)oc1c(C(F)(F)F)nn(-c3ccc(S(C)(=O)=O)cc3)c12. The number of ether oxygens (including phenoxy) is 1. The molecule has 0 bridgehead atoms. The maximum absolute atomic E-state index is 14.0. The van der Waals surface area contributed by atoms with Crippen molar-refractivity contribution in [1.82, 2.24) is 9.78 Å². The molecule has 0 saturated heterocycles. The summed E-state index contributed by atoms with van der Waals surface area (Å²) in [5.74, 6) is -0.962. The van der Waals surface area contributed by atoms with Gasteiger partial charge in [-0.3, -0.25) is 0 Å². The van der Waals surface area contributed by atoms with Gasteiger partial charge < -0.3 is 9.15 Å². The Bertz CT molecular complexity index is 1350. The van der Waals surface area contributed by atoms with Crippen molar-refractivity contribution in [3.63, 3.8) is 0 Å². The molecule has 2 aromatic heterocycles. The molecule has 4 rings (SSSR count). The van der Waals surface area contributed by atoms with Gasteiger partial charge in [0.25, 0.3) is 0 Å². The summed E-state index contributed by atoms with van der Waals surface area (Å²) in [7, 11) is -2.26. The molecule has 0 saturated carbocycles. The zero-order valence-electron chi connectivity index (χ0n) is 14.9. The number of nitrogens with zero attached hydrogens (tertiary/aromatic N) is 2. The maximum Gasteiger partial charge on any atom is 0.438 e. The third-order valence-corrected chi connectivity index (χ3v) is 5.47. The number of hydrogen-bond donors (Lipinski definition) is 0. The minimum atomic E-state index is -4.83. The Kier molecular flexibility index (Phi) is 4.12. The molecule has 11 heteroatoms. The van der Waals surface area contributed by atoms with Crippen LogP contribution in [0.2, 0.25) is 0 Å². The summed E-state index contributed by atoms with van der Waals surface area (Å²) in [6, 6.07) is 7.32. The van der Waals surface area contributed by atoms with Crippen LogP contribution in [0.5, 0.6) is 5.75 Å². The Morgan fingerprint density at radius 1 is 1.14 bits per heavy atom. The molecule has 0 aliphatic rings. The molecule has 2 heterocycles. The smallest absolute Gasteiger partial charge is 0.438 e. The van der Waals surface area contributed by atoms with Crippen LogP contribution < -0.4 is 4.74 Å². The second-order valence-electron chi connectivity index (χ2n) is 6.29. The predicted octanol–water partition coefficient (Wildman–Crippen LogP) is 4.34. The van der Waals surface area contributed by atoms with E-state index in [-0.39, 0.29) is 32.8 Å². The highest BCUT2D eigenvalue weighted by Gasteiger charge is 2.40. The van der Waals surface area contributed by atoms with E-state index in [1.165, 1.54) is 37.4 Å². The fourth-order valence-corrected chi connectivity index (χ4v) is 3.65. The van der Waals surface area contributed by atoms with Gasteiger partial charge in [0.2, 0.25) is 5.69 Å². The fraction of sp³-hybridized carbons (Fsp3) is 0.167. The van der Waals surface area contributed by atoms with Gasteiger partial charge in [-0.25, -0.2) is 17.5 Å². The van der Waals surface area contributed by atoms with E-state index in [2.05, 4.69) is 5.10 Å². The molecule has 0 aliphatic heterocycles. The first kappa shape index (κ1) is 19.2. The number of methoxy groups -OCH3 is 1. The molecule has 0 radical (unpaired) electrons. The van der Waals surface area contributed by atoms with E-state index in [4.69, 9.17) is 9.15 Å². The number of alkyl halides is 3.